The summed E-state index contributed by atoms with van der Waals surface area (Å²) in [7, 11) is -3.08. The zero-order valence-corrected chi connectivity index (χ0v) is 12.0. The molecular formula is C13H25NO3S. The van der Waals surface area contributed by atoms with Gasteiger partial charge in [0, 0.05) is 19.3 Å². The maximum Gasteiger partial charge on any atom is 0.157 e. The Morgan fingerprint density at radius 2 is 1.83 bits per heavy atom. The Bertz CT molecular complexity index is 362. The van der Waals surface area contributed by atoms with Gasteiger partial charge in [0.15, 0.2) is 9.84 Å². The molecule has 3 unspecified atom stereocenters. The van der Waals surface area contributed by atoms with Crippen LogP contribution in [-0.4, -0.2) is 38.2 Å². The fourth-order valence-electron chi connectivity index (χ4n) is 3.24. The molecular weight excluding hydrogens is 250 g/mol. The Balaban J connectivity index is 2.11. The maximum absolute atomic E-state index is 12.7. The SMILES string of the molecule is CCC1CCC(N)C(S(=O)(=O)C2CCOCC2)C1. The normalized spacial score (nSPS) is 35.6. The molecule has 0 aromatic rings. The Kier molecular flexibility index (Phi) is 4.67. The molecule has 1 aliphatic carbocycles. The molecule has 18 heavy (non-hydrogen) atoms. The van der Waals surface area contributed by atoms with Crippen LogP contribution in [0.1, 0.15) is 45.4 Å². The van der Waals surface area contributed by atoms with Crippen LogP contribution in [0.25, 0.3) is 0 Å². The minimum absolute atomic E-state index is 0.166. The third kappa shape index (κ3) is 2.89. The Morgan fingerprint density at radius 3 is 2.44 bits per heavy atom. The maximum atomic E-state index is 12.7. The van der Waals surface area contributed by atoms with Crippen LogP contribution in [0, 0.1) is 5.92 Å². The highest BCUT2D eigenvalue weighted by Crippen LogP contribution is 2.33. The summed E-state index contributed by atoms with van der Waals surface area (Å²) in [6.45, 7) is 3.28. The van der Waals surface area contributed by atoms with Crippen molar-refractivity contribution < 1.29 is 13.2 Å². The van der Waals surface area contributed by atoms with Crippen molar-refractivity contribution in [1.82, 2.24) is 0 Å². The molecule has 2 rings (SSSR count). The van der Waals surface area contributed by atoms with Crippen molar-refractivity contribution in [1.29, 1.82) is 0 Å². The van der Waals surface area contributed by atoms with Gasteiger partial charge in [0.05, 0.1) is 10.5 Å². The highest BCUT2D eigenvalue weighted by molar-refractivity contribution is 7.92. The summed E-state index contributed by atoms with van der Waals surface area (Å²) < 4.78 is 30.6. The molecule has 1 aliphatic heterocycles. The lowest BCUT2D eigenvalue weighted by molar-refractivity contribution is 0.0979. The number of hydrogen-bond acceptors (Lipinski definition) is 4. The first-order valence-electron chi connectivity index (χ1n) is 7.11. The molecule has 0 radical (unpaired) electrons. The van der Waals surface area contributed by atoms with Crippen LogP contribution in [0.15, 0.2) is 0 Å². The minimum atomic E-state index is -3.08. The number of hydrogen-bond donors (Lipinski definition) is 1. The van der Waals surface area contributed by atoms with E-state index in [0.717, 1.165) is 25.7 Å². The van der Waals surface area contributed by atoms with E-state index in [1.165, 1.54) is 0 Å². The first kappa shape index (κ1) is 14.3. The van der Waals surface area contributed by atoms with Crippen molar-refractivity contribution in [2.45, 2.75) is 62.0 Å². The third-order valence-corrected chi connectivity index (χ3v) is 7.37. The monoisotopic (exact) mass is 275 g/mol. The van der Waals surface area contributed by atoms with E-state index in [1.54, 1.807) is 0 Å². The summed E-state index contributed by atoms with van der Waals surface area (Å²) in [6, 6.07) is -0.166. The second-order valence-corrected chi connectivity index (χ2v) is 8.14. The fourth-order valence-corrected chi connectivity index (χ4v) is 5.74. The van der Waals surface area contributed by atoms with Crippen molar-refractivity contribution in [3.8, 4) is 0 Å². The summed E-state index contributed by atoms with van der Waals surface area (Å²) in [5.74, 6) is 0.532. The van der Waals surface area contributed by atoms with Gasteiger partial charge in [-0.2, -0.15) is 0 Å². The number of ether oxygens (including phenoxy) is 1. The second kappa shape index (κ2) is 5.88. The van der Waals surface area contributed by atoms with Gasteiger partial charge in [0.2, 0.25) is 0 Å². The number of rotatable bonds is 3. The second-order valence-electron chi connectivity index (χ2n) is 5.69. The van der Waals surface area contributed by atoms with Crippen LogP contribution in [0.5, 0.6) is 0 Å². The van der Waals surface area contributed by atoms with Gasteiger partial charge in [-0.3, -0.25) is 0 Å². The molecule has 5 heteroatoms. The molecule has 0 bridgehead atoms. The van der Waals surface area contributed by atoms with Gasteiger partial charge in [-0.15, -0.1) is 0 Å². The van der Waals surface area contributed by atoms with Crippen LogP contribution in [0.3, 0.4) is 0 Å². The van der Waals surface area contributed by atoms with Crippen LogP contribution >= 0.6 is 0 Å². The van der Waals surface area contributed by atoms with Crippen molar-refractivity contribution in [2.75, 3.05) is 13.2 Å². The lowest BCUT2D eigenvalue weighted by Gasteiger charge is -2.36. The van der Waals surface area contributed by atoms with Gasteiger partial charge in [-0.1, -0.05) is 13.3 Å². The minimum Gasteiger partial charge on any atom is -0.381 e. The summed E-state index contributed by atoms with van der Waals surface area (Å²) >= 11 is 0. The zero-order chi connectivity index (χ0) is 13.2. The third-order valence-electron chi connectivity index (χ3n) is 4.58. The smallest absolute Gasteiger partial charge is 0.157 e. The van der Waals surface area contributed by atoms with E-state index in [1.807, 2.05) is 0 Å². The molecule has 4 nitrogen and oxygen atoms in total. The van der Waals surface area contributed by atoms with Crippen molar-refractivity contribution >= 4 is 9.84 Å². The molecule has 0 aromatic heterocycles. The van der Waals surface area contributed by atoms with E-state index in [4.69, 9.17) is 10.5 Å². The van der Waals surface area contributed by atoms with E-state index in [-0.39, 0.29) is 16.5 Å². The number of nitrogens with two attached hydrogens (primary N) is 1. The first-order chi connectivity index (χ1) is 8.55. The van der Waals surface area contributed by atoms with Gasteiger partial charge in [0.1, 0.15) is 0 Å². The molecule has 2 aliphatic rings. The number of sulfone groups is 1. The topological polar surface area (TPSA) is 69.4 Å². The lowest BCUT2D eigenvalue weighted by atomic mass is 9.84. The molecule has 0 amide bonds. The molecule has 3 atom stereocenters. The molecule has 106 valence electrons. The summed E-state index contributed by atoms with van der Waals surface area (Å²) in [5.41, 5.74) is 6.08. The fraction of sp³-hybridized carbons (Fsp3) is 1.00. The van der Waals surface area contributed by atoms with Gasteiger partial charge in [-0.05, 0) is 38.0 Å². The van der Waals surface area contributed by atoms with E-state index in [9.17, 15) is 8.42 Å². The van der Waals surface area contributed by atoms with E-state index >= 15 is 0 Å². The van der Waals surface area contributed by atoms with Crippen LogP contribution in [-0.2, 0) is 14.6 Å². The van der Waals surface area contributed by atoms with E-state index < -0.39 is 9.84 Å². The summed E-state index contributed by atoms with van der Waals surface area (Å²) in [4.78, 5) is 0. The predicted octanol–water partition coefficient (Wildman–Crippen LogP) is 1.49. The van der Waals surface area contributed by atoms with Gasteiger partial charge in [0.25, 0.3) is 0 Å². The van der Waals surface area contributed by atoms with Crippen molar-refractivity contribution in [3.63, 3.8) is 0 Å². The molecule has 1 saturated heterocycles. The van der Waals surface area contributed by atoms with Crippen molar-refractivity contribution in [3.05, 3.63) is 0 Å². The van der Waals surface area contributed by atoms with Crippen molar-refractivity contribution in [2.24, 2.45) is 11.7 Å². The molecule has 1 heterocycles. The summed E-state index contributed by atoms with van der Waals surface area (Å²) in [5, 5.41) is -0.544. The van der Waals surface area contributed by atoms with Crippen LogP contribution < -0.4 is 5.73 Å². The lowest BCUT2D eigenvalue weighted by Crippen LogP contribution is -2.49. The van der Waals surface area contributed by atoms with Gasteiger partial charge < -0.3 is 10.5 Å². The largest absolute Gasteiger partial charge is 0.381 e. The first-order valence-corrected chi connectivity index (χ1v) is 8.72. The standard InChI is InChI=1S/C13H25NO3S/c1-2-10-3-4-12(14)13(9-10)18(15,16)11-5-7-17-8-6-11/h10-13H,2-9,14H2,1H3. The molecule has 0 aromatic carbocycles. The molecule has 2 fully saturated rings. The van der Waals surface area contributed by atoms with E-state index in [0.29, 0.717) is 32.0 Å². The molecule has 1 saturated carbocycles. The van der Waals surface area contributed by atoms with E-state index in [2.05, 4.69) is 6.92 Å². The van der Waals surface area contributed by atoms with Crippen LogP contribution in [0.4, 0.5) is 0 Å². The summed E-state index contributed by atoms with van der Waals surface area (Å²) in [6.07, 6.45) is 5.04. The zero-order valence-electron chi connectivity index (χ0n) is 11.2. The van der Waals surface area contributed by atoms with Gasteiger partial charge in [-0.25, -0.2) is 8.42 Å². The van der Waals surface area contributed by atoms with Crippen LogP contribution in [0.2, 0.25) is 0 Å². The highest BCUT2D eigenvalue weighted by Gasteiger charge is 2.41. The average Bonchev–Trinajstić information content (AvgIpc) is 2.40. The Hall–Kier alpha value is -0.130. The quantitative estimate of drug-likeness (QED) is 0.847. The predicted molar refractivity (Wildman–Crippen MR) is 72.2 cm³/mol. The average molecular weight is 275 g/mol. The highest BCUT2D eigenvalue weighted by atomic mass is 32.2. The Morgan fingerprint density at radius 1 is 1.17 bits per heavy atom. The molecule has 2 N–H and O–H groups in total. The molecule has 0 spiro atoms. The van der Waals surface area contributed by atoms with Gasteiger partial charge >= 0.3 is 0 Å². The Labute approximate surface area is 110 Å².